The van der Waals surface area contributed by atoms with Gasteiger partial charge in [0.15, 0.2) is 5.03 Å². The van der Waals surface area contributed by atoms with Gasteiger partial charge >= 0.3 is 0 Å². The summed E-state index contributed by atoms with van der Waals surface area (Å²) in [6, 6.07) is 3.57. The Morgan fingerprint density at radius 3 is 2.71 bits per heavy atom. The van der Waals surface area contributed by atoms with Gasteiger partial charge in [-0.2, -0.15) is 4.31 Å². The Morgan fingerprint density at radius 1 is 1.33 bits per heavy atom. The van der Waals surface area contributed by atoms with E-state index >= 15 is 0 Å². The maximum Gasteiger partial charge on any atom is 0.262 e. The lowest BCUT2D eigenvalue weighted by atomic mass is 10.0. The molecule has 1 aliphatic carbocycles. The van der Waals surface area contributed by atoms with E-state index in [1.165, 1.54) is 19.3 Å². The molecule has 1 saturated carbocycles. The third-order valence-corrected chi connectivity index (χ3v) is 6.41. The fourth-order valence-corrected chi connectivity index (χ4v) is 5.13. The Bertz CT molecular complexity index is 591. The van der Waals surface area contributed by atoms with Crippen LogP contribution >= 0.6 is 0 Å². The summed E-state index contributed by atoms with van der Waals surface area (Å²) in [6.45, 7) is 4.13. The second-order valence-corrected chi connectivity index (χ2v) is 7.91. The Morgan fingerprint density at radius 2 is 2.05 bits per heavy atom. The van der Waals surface area contributed by atoms with Gasteiger partial charge in [-0.3, -0.25) is 0 Å². The molecule has 1 N–H and O–H groups in total. The van der Waals surface area contributed by atoms with Crippen molar-refractivity contribution < 1.29 is 8.42 Å². The number of anilines is 1. The van der Waals surface area contributed by atoms with Crippen molar-refractivity contribution in [2.24, 2.45) is 11.8 Å². The molecule has 0 bridgehead atoms. The van der Waals surface area contributed by atoms with Crippen LogP contribution < -0.4 is 5.32 Å². The molecule has 0 radical (unpaired) electrons. The average Bonchev–Trinajstić information content (AvgIpc) is 3.07. The van der Waals surface area contributed by atoms with Crippen molar-refractivity contribution in [3.63, 3.8) is 0 Å². The first kappa shape index (κ1) is 14.8. The highest BCUT2D eigenvalue weighted by atomic mass is 32.2. The van der Waals surface area contributed by atoms with Crippen molar-refractivity contribution in [1.29, 1.82) is 0 Å². The molecule has 2 atom stereocenters. The summed E-state index contributed by atoms with van der Waals surface area (Å²) >= 11 is 0. The molecule has 1 aromatic rings. The number of pyridine rings is 1. The van der Waals surface area contributed by atoms with Gasteiger partial charge in [0.25, 0.3) is 10.0 Å². The van der Waals surface area contributed by atoms with E-state index in [9.17, 15) is 8.42 Å². The number of fused-ring (bicyclic) bond motifs is 1. The first-order valence-corrected chi connectivity index (χ1v) is 9.26. The summed E-state index contributed by atoms with van der Waals surface area (Å²) in [5.41, 5.74) is 0.622. The van der Waals surface area contributed by atoms with Crippen LogP contribution in [0.2, 0.25) is 0 Å². The molecule has 6 heteroatoms. The van der Waals surface area contributed by atoms with Crippen LogP contribution in [0, 0.1) is 11.8 Å². The van der Waals surface area contributed by atoms with E-state index in [4.69, 9.17) is 0 Å². The summed E-state index contributed by atoms with van der Waals surface area (Å²) in [5, 5.41) is 3.35. The number of aromatic nitrogens is 1. The molecule has 2 aliphatic rings. The monoisotopic (exact) mass is 309 g/mol. The van der Waals surface area contributed by atoms with Crippen molar-refractivity contribution in [1.82, 2.24) is 9.29 Å². The molecule has 2 heterocycles. The minimum Gasteiger partial charge on any atom is -0.383 e. The summed E-state index contributed by atoms with van der Waals surface area (Å²) in [4.78, 5) is 4.15. The van der Waals surface area contributed by atoms with Crippen LogP contribution in [0.15, 0.2) is 23.4 Å². The largest absolute Gasteiger partial charge is 0.383 e. The molecule has 1 saturated heterocycles. The number of sulfonamides is 1. The van der Waals surface area contributed by atoms with Crippen LogP contribution in [-0.4, -0.2) is 37.3 Å². The SMILES string of the molecule is CCCNc1cccnc1S(=O)(=O)N1CC2CCCC2C1. The lowest BCUT2D eigenvalue weighted by Crippen LogP contribution is -2.31. The van der Waals surface area contributed by atoms with Gasteiger partial charge < -0.3 is 5.32 Å². The molecule has 0 spiro atoms. The molecule has 1 aliphatic heterocycles. The van der Waals surface area contributed by atoms with Gasteiger partial charge in [-0.15, -0.1) is 0 Å². The fraction of sp³-hybridized carbons (Fsp3) is 0.667. The Hall–Kier alpha value is -1.14. The van der Waals surface area contributed by atoms with Crippen LogP contribution in [0.5, 0.6) is 0 Å². The van der Waals surface area contributed by atoms with E-state index in [0.29, 0.717) is 30.6 Å². The Labute approximate surface area is 126 Å². The number of nitrogens with one attached hydrogen (secondary N) is 1. The molecule has 21 heavy (non-hydrogen) atoms. The lowest BCUT2D eigenvalue weighted by molar-refractivity contribution is 0.443. The number of nitrogens with zero attached hydrogens (tertiary/aromatic N) is 2. The van der Waals surface area contributed by atoms with Crippen LogP contribution in [0.25, 0.3) is 0 Å². The van der Waals surface area contributed by atoms with Crippen LogP contribution in [-0.2, 0) is 10.0 Å². The predicted molar refractivity (Wildman–Crippen MR) is 82.6 cm³/mol. The molecule has 0 amide bonds. The smallest absolute Gasteiger partial charge is 0.262 e. The van der Waals surface area contributed by atoms with Gasteiger partial charge in [0.1, 0.15) is 0 Å². The maximum atomic E-state index is 12.9. The van der Waals surface area contributed by atoms with E-state index in [2.05, 4.69) is 17.2 Å². The predicted octanol–water partition coefficient (Wildman–Crippen LogP) is 2.32. The number of hydrogen-bond acceptors (Lipinski definition) is 4. The van der Waals surface area contributed by atoms with E-state index in [0.717, 1.165) is 13.0 Å². The van der Waals surface area contributed by atoms with E-state index in [-0.39, 0.29) is 5.03 Å². The highest BCUT2D eigenvalue weighted by Gasteiger charge is 2.42. The molecule has 116 valence electrons. The van der Waals surface area contributed by atoms with Gasteiger partial charge in [0.05, 0.1) is 5.69 Å². The molecule has 5 nitrogen and oxygen atoms in total. The van der Waals surface area contributed by atoms with Gasteiger partial charge in [0, 0.05) is 25.8 Å². The lowest BCUT2D eigenvalue weighted by Gasteiger charge is -2.19. The molecular weight excluding hydrogens is 286 g/mol. The summed E-state index contributed by atoms with van der Waals surface area (Å²) in [6.07, 6.45) is 6.08. The number of rotatable bonds is 5. The van der Waals surface area contributed by atoms with Crippen molar-refractivity contribution in [3.05, 3.63) is 18.3 Å². The quantitative estimate of drug-likeness (QED) is 0.907. The minimum absolute atomic E-state index is 0.179. The Balaban J connectivity index is 1.85. The maximum absolute atomic E-state index is 12.9. The van der Waals surface area contributed by atoms with Crippen LogP contribution in [0.3, 0.4) is 0 Å². The summed E-state index contributed by atoms with van der Waals surface area (Å²) < 4.78 is 27.4. The van der Waals surface area contributed by atoms with Gasteiger partial charge in [0.2, 0.25) is 0 Å². The second kappa shape index (κ2) is 5.93. The van der Waals surface area contributed by atoms with Crippen LogP contribution in [0.4, 0.5) is 5.69 Å². The van der Waals surface area contributed by atoms with Crippen molar-refractivity contribution in [3.8, 4) is 0 Å². The third-order valence-electron chi connectivity index (χ3n) is 4.61. The molecule has 0 aromatic carbocycles. The molecule has 3 rings (SSSR count). The van der Waals surface area contributed by atoms with Crippen molar-refractivity contribution in [2.75, 3.05) is 25.0 Å². The van der Waals surface area contributed by atoms with E-state index in [1.54, 1.807) is 22.6 Å². The molecule has 2 fully saturated rings. The zero-order valence-corrected chi connectivity index (χ0v) is 13.3. The summed E-state index contributed by atoms with van der Waals surface area (Å²) in [5.74, 6) is 1.10. The first-order valence-electron chi connectivity index (χ1n) is 7.82. The van der Waals surface area contributed by atoms with Gasteiger partial charge in [-0.25, -0.2) is 13.4 Å². The van der Waals surface area contributed by atoms with Crippen LogP contribution in [0.1, 0.15) is 32.6 Å². The Kier molecular flexibility index (Phi) is 4.17. The second-order valence-electron chi connectivity index (χ2n) is 6.06. The zero-order chi connectivity index (χ0) is 14.9. The highest BCUT2D eigenvalue weighted by molar-refractivity contribution is 7.89. The normalized spacial score (nSPS) is 26.0. The topological polar surface area (TPSA) is 62.3 Å². The van der Waals surface area contributed by atoms with Gasteiger partial charge in [-0.05, 0) is 43.2 Å². The van der Waals surface area contributed by atoms with Crippen molar-refractivity contribution in [2.45, 2.75) is 37.6 Å². The first-order chi connectivity index (χ1) is 10.1. The van der Waals surface area contributed by atoms with Gasteiger partial charge in [-0.1, -0.05) is 13.3 Å². The average molecular weight is 309 g/mol. The van der Waals surface area contributed by atoms with E-state index < -0.39 is 10.0 Å². The highest BCUT2D eigenvalue weighted by Crippen LogP contribution is 2.40. The minimum atomic E-state index is -3.48. The molecule has 1 aromatic heterocycles. The number of hydrogen-bond donors (Lipinski definition) is 1. The van der Waals surface area contributed by atoms with E-state index in [1.807, 2.05) is 0 Å². The summed E-state index contributed by atoms with van der Waals surface area (Å²) in [7, 11) is -3.48. The third kappa shape index (κ3) is 2.79. The van der Waals surface area contributed by atoms with Crippen molar-refractivity contribution >= 4 is 15.7 Å². The standard InChI is InChI=1S/C15H23N3O2S/c1-2-8-16-14-7-4-9-17-15(14)21(19,20)18-10-12-5-3-6-13(12)11-18/h4,7,9,12-13,16H,2-3,5-6,8,10-11H2,1H3. The molecule has 2 unspecified atom stereocenters. The molecular formula is C15H23N3O2S. The fourth-order valence-electron chi connectivity index (χ4n) is 3.50. The zero-order valence-electron chi connectivity index (χ0n) is 12.5.